The van der Waals surface area contributed by atoms with E-state index in [9.17, 15) is 0 Å². The lowest BCUT2D eigenvalue weighted by atomic mass is 9.79. The molecule has 1 rings (SSSR count). The Morgan fingerprint density at radius 3 is 2.33 bits per heavy atom. The average molecular weight is 255 g/mol. The fourth-order valence-electron chi connectivity index (χ4n) is 3.12. The number of rotatable bonds is 7. The van der Waals surface area contributed by atoms with Crippen molar-refractivity contribution in [2.75, 3.05) is 13.1 Å². The summed E-state index contributed by atoms with van der Waals surface area (Å²) in [5, 5.41) is 3.51. The summed E-state index contributed by atoms with van der Waals surface area (Å²) in [5.41, 5.74) is 0.108. The molecule has 1 atom stereocenters. The Bertz CT molecular complexity index is 214. The summed E-state index contributed by atoms with van der Waals surface area (Å²) in [6.07, 6.45) is 6.65. The third-order valence-corrected chi connectivity index (χ3v) is 4.14. The molecule has 0 aromatic heterocycles. The van der Waals surface area contributed by atoms with E-state index < -0.39 is 0 Å². The van der Waals surface area contributed by atoms with Gasteiger partial charge in [0.25, 0.3) is 0 Å². The van der Waals surface area contributed by atoms with Gasteiger partial charge in [-0.1, -0.05) is 27.7 Å². The van der Waals surface area contributed by atoms with Crippen LogP contribution >= 0.6 is 0 Å². The minimum absolute atomic E-state index is 0.108. The number of hydrogen-bond acceptors (Lipinski definition) is 2. The highest BCUT2D eigenvalue weighted by molar-refractivity contribution is 4.89. The number of ether oxygens (including phenoxy) is 1. The molecule has 2 nitrogen and oxygen atoms in total. The van der Waals surface area contributed by atoms with Crippen LogP contribution in [0.2, 0.25) is 0 Å². The molecule has 0 aromatic carbocycles. The van der Waals surface area contributed by atoms with Gasteiger partial charge in [0.1, 0.15) is 0 Å². The highest BCUT2D eigenvalue weighted by atomic mass is 16.5. The molecule has 1 saturated carbocycles. The van der Waals surface area contributed by atoms with Crippen LogP contribution in [0, 0.1) is 11.8 Å². The van der Waals surface area contributed by atoms with Gasteiger partial charge < -0.3 is 10.1 Å². The maximum Gasteiger partial charge on any atom is 0.0810 e. The predicted molar refractivity (Wildman–Crippen MR) is 78.9 cm³/mol. The second-order valence-corrected chi connectivity index (χ2v) is 6.70. The van der Waals surface area contributed by atoms with Crippen molar-refractivity contribution in [2.45, 2.75) is 78.4 Å². The molecule has 0 spiro atoms. The first-order valence-corrected chi connectivity index (χ1v) is 7.86. The van der Waals surface area contributed by atoms with Gasteiger partial charge in [-0.15, -0.1) is 0 Å². The van der Waals surface area contributed by atoms with E-state index in [4.69, 9.17) is 4.74 Å². The van der Waals surface area contributed by atoms with Crippen LogP contribution in [0.3, 0.4) is 0 Å². The van der Waals surface area contributed by atoms with E-state index in [2.05, 4.69) is 39.9 Å². The van der Waals surface area contributed by atoms with Gasteiger partial charge in [-0.05, 0) is 57.4 Å². The van der Waals surface area contributed by atoms with E-state index in [0.717, 1.165) is 24.9 Å². The summed E-state index contributed by atoms with van der Waals surface area (Å²) in [6.45, 7) is 13.4. The van der Waals surface area contributed by atoms with E-state index in [1.165, 1.54) is 32.1 Å². The molecular weight excluding hydrogens is 222 g/mol. The molecule has 1 aliphatic rings. The molecule has 0 amide bonds. The molecule has 1 N–H and O–H groups in total. The van der Waals surface area contributed by atoms with Gasteiger partial charge in [-0.25, -0.2) is 0 Å². The van der Waals surface area contributed by atoms with Crippen LogP contribution in [-0.4, -0.2) is 24.8 Å². The van der Waals surface area contributed by atoms with E-state index in [1.54, 1.807) is 0 Å². The summed E-state index contributed by atoms with van der Waals surface area (Å²) >= 11 is 0. The maximum atomic E-state index is 6.48. The normalized spacial score (nSPS) is 30.7. The van der Waals surface area contributed by atoms with E-state index >= 15 is 0 Å². The largest absolute Gasteiger partial charge is 0.371 e. The summed E-state index contributed by atoms with van der Waals surface area (Å²) < 4.78 is 6.48. The van der Waals surface area contributed by atoms with Gasteiger partial charge in [0, 0.05) is 6.54 Å². The SMILES string of the molecule is CCNCC1(OC(C)CC(C)C)CCC(C)CC1. The first-order chi connectivity index (χ1) is 8.47. The summed E-state index contributed by atoms with van der Waals surface area (Å²) in [7, 11) is 0. The Kier molecular flexibility index (Phi) is 6.65. The molecule has 0 radical (unpaired) electrons. The molecule has 1 aliphatic carbocycles. The molecule has 0 bridgehead atoms. The molecular formula is C16H33NO. The monoisotopic (exact) mass is 255 g/mol. The van der Waals surface area contributed by atoms with Crippen molar-refractivity contribution in [3.8, 4) is 0 Å². The lowest BCUT2D eigenvalue weighted by Crippen LogP contribution is -2.47. The Labute approximate surface area is 114 Å². The van der Waals surface area contributed by atoms with Gasteiger partial charge in [0.05, 0.1) is 11.7 Å². The van der Waals surface area contributed by atoms with Gasteiger partial charge in [0.15, 0.2) is 0 Å². The fraction of sp³-hybridized carbons (Fsp3) is 1.00. The number of nitrogens with one attached hydrogen (secondary N) is 1. The zero-order chi connectivity index (χ0) is 13.6. The van der Waals surface area contributed by atoms with E-state index in [0.29, 0.717) is 6.10 Å². The number of likely N-dealkylation sites (N-methyl/N-ethyl adjacent to an activating group) is 1. The Morgan fingerprint density at radius 2 is 1.83 bits per heavy atom. The highest BCUT2D eigenvalue weighted by Crippen LogP contribution is 2.35. The van der Waals surface area contributed by atoms with Gasteiger partial charge in [-0.3, -0.25) is 0 Å². The van der Waals surface area contributed by atoms with Gasteiger partial charge in [0.2, 0.25) is 0 Å². The lowest BCUT2D eigenvalue weighted by molar-refractivity contribution is -0.115. The average Bonchev–Trinajstić information content (AvgIpc) is 2.29. The molecule has 108 valence electrons. The van der Waals surface area contributed by atoms with Crippen molar-refractivity contribution in [3.05, 3.63) is 0 Å². The fourth-order valence-corrected chi connectivity index (χ4v) is 3.12. The van der Waals surface area contributed by atoms with Gasteiger partial charge in [-0.2, -0.15) is 0 Å². The first-order valence-electron chi connectivity index (χ1n) is 7.86. The molecule has 18 heavy (non-hydrogen) atoms. The highest BCUT2D eigenvalue weighted by Gasteiger charge is 2.36. The minimum atomic E-state index is 0.108. The lowest BCUT2D eigenvalue weighted by Gasteiger charge is -2.41. The predicted octanol–water partition coefficient (Wildman–Crippen LogP) is 4.00. The summed E-state index contributed by atoms with van der Waals surface area (Å²) in [5.74, 6) is 1.60. The molecule has 1 fully saturated rings. The molecule has 0 saturated heterocycles. The molecule has 0 aliphatic heterocycles. The Balaban J connectivity index is 2.54. The zero-order valence-electron chi connectivity index (χ0n) is 13.1. The third kappa shape index (κ3) is 5.27. The molecule has 0 aromatic rings. The van der Waals surface area contributed by atoms with Crippen molar-refractivity contribution < 1.29 is 4.74 Å². The standard InChI is InChI=1S/C16H33NO/c1-6-17-12-16(9-7-14(4)8-10-16)18-15(5)11-13(2)3/h13-15,17H,6-12H2,1-5H3. The molecule has 1 unspecified atom stereocenters. The zero-order valence-corrected chi connectivity index (χ0v) is 13.1. The van der Waals surface area contributed by atoms with Crippen LogP contribution < -0.4 is 5.32 Å². The van der Waals surface area contributed by atoms with Crippen LogP contribution in [0.25, 0.3) is 0 Å². The van der Waals surface area contributed by atoms with Crippen LogP contribution in [0.4, 0.5) is 0 Å². The van der Waals surface area contributed by atoms with E-state index in [-0.39, 0.29) is 5.60 Å². The second-order valence-electron chi connectivity index (χ2n) is 6.70. The first kappa shape index (κ1) is 16.0. The van der Waals surface area contributed by atoms with Crippen molar-refractivity contribution in [3.63, 3.8) is 0 Å². The van der Waals surface area contributed by atoms with Crippen LogP contribution in [0.5, 0.6) is 0 Å². The van der Waals surface area contributed by atoms with Crippen LogP contribution in [0.1, 0.15) is 66.7 Å². The topological polar surface area (TPSA) is 21.3 Å². The smallest absolute Gasteiger partial charge is 0.0810 e. The Morgan fingerprint density at radius 1 is 1.22 bits per heavy atom. The van der Waals surface area contributed by atoms with Crippen molar-refractivity contribution in [1.29, 1.82) is 0 Å². The summed E-state index contributed by atoms with van der Waals surface area (Å²) in [4.78, 5) is 0. The minimum Gasteiger partial charge on any atom is -0.371 e. The van der Waals surface area contributed by atoms with Crippen molar-refractivity contribution >= 4 is 0 Å². The summed E-state index contributed by atoms with van der Waals surface area (Å²) in [6, 6.07) is 0. The van der Waals surface area contributed by atoms with Crippen LogP contribution in [0.15, 0.2) is 0 Å². The quantitative estimate of drug-likeness (QED) is 0.742. The Hall–Kier alpha value is -0.0800. The molecule has 0 heterocycles. The van der Waals surface area contributed by atoms with Crippen LogP contribution in [-0.2, 0) is 4.74 Å². The van der Waals surface area contributed by atoms with Crippen molar-refractivity contribution in [1.82, 2.24) is 5.32 Å². The van der Waals surface area contributed by atoms with Gasteiger partial charge >= 0.3 is 0 Å². The number of hydrogen-bond donors (Lipinski definition) is 1. The third-order valence-electron chi connectivity index (χ3n) is 4.14. The second kappa shape index (κ2) is 7.49. The van der Waals surface area contributed by atoms with Crippen molar-refractivity contribution in [2.24, 2.45) is 11.8 Å². The van der Waals surface area contributed by atoms with E-state index in [1.807, 2.05) is 0 Å². The maximum absolute atomic E-state index is 6.48. The molecule has 2 heteroatoms.